The van der Waals surface area contributed by atoms with Crippen molar-refractivity contribution < 1.29 is 23.5 Å². The molecule has 33 heavy (non-hydrogen) atoms. The molecule has 1 N–H and O–H groups in total. The molecule has 0 unspecified atom stereocenters. The molecule has 4 rings (SSSR count). The third-order valence-electron chi connectivity index (χ3n) is 5.36. The second-order valence-electron chi connectivity index (χ2n) is 7.52. The van der Waals surface area contributed by atoms with Gasteiger partial charge in [-0.15, -0.1) is 0 Å². The van der Waals surface area contributed by atoms with Crippen LogP contribution in [0.25, 0.3) is 11.8 Å². The summed E-state index contributed by atoms with van der Waals surface area (Å²) in [4.78, 5) is 39.1. The molecule has 0 saturated carbocycles. The minimum atomic E-state index is -0.817. The van der Waals surface area contributed by atoms with Gasteiger partial charge in [0.15, 0.2) is 0 Å². The van der Waals surface area contributed by atoms with Gasteiger partial charge < -0.3 is 9.30 Å². The number of benzene rings is 2. The monoisotopic (exact) mass is 447 g/mol. The lowest BCUT2D eigenvalue weighted by Crippen LogP contribution is -2.54. The Balaban J connectivity index is 1.71. The second-order valence-corrected chi connectivity index (χ2v) is 7.52. The summed E-state index contributed by atoms with van der Waals surface area (Å²) in [6.45, 7) is 6.05. The Morgan fingerprint density at radius 3 is 2.24 bits per heavy atom. The molecule has 0 bridgehead atoms. The minimum absolute atomic E-state index is 0.164. The van der Waals surface area contributed by atoms with Crippen LogP contribution in [0.5, 0.6) is 5.75 Å². The van der Waals surface area contributed by atoms with E-state index in [1.165, 1.54) is 18.2 Å². The maximum atomic E-state index is 13.3. The van der Waals surface area contributed by atoms with Crippen molar-refractivity contribution in [1.29, 1.82) is 0 Å². The van der Waals surface area contributed by atoms with Gasteiger partial charge in [-0.25, -0.2) is 14.1 Å². The molecule has 0 atom stereocenters. The highest BCUT2D eigenvalue weighted by Gasteiger charge is 2.37. The molecular formula is C25H22FN3O4. The molecule has 3 aromatic rings. The number of nitrogens with zero attached hydrogens (tertiary/aromatic N) is 2. The predicted octanol–water partition coefficient (Wildman–Crippen LogP) is 4.30. The van der Waals surface area contributed by atoms with Crippen molar-refractivity contribution >= 4 is 29.6 Å². The smallest absolute Gasteiger partial charge is 0.335 e. The third-order valence-corrected chi connectivity index (χ3v) is 5.36. The normalized spacial score (nSPS) is 15.2. The maximum Gasteiger partial charge on any atom is 0.335 e. The van der Waals surface area contributed by atoms with E-state index in [0.29, 0.717) is 23.6 Å². The maximum absolute atomic E-state index is 13.3. The standard InChI is InChI=1S/C25H22FN3O4/c1-4-33-21-11-9-20(10-12-21)29-24(31)22(23(30)27-25(29)32)14-17-13-15(2)28(16(17)3)19-7-5-18(26)6-8-19/h5-14H,4H2,1-3H3,(H,27,30,32). The Hall–Kier alpha value is -4.20. The van der Waals surface area contributed by atoms with Gasteiger partial charge in [0.1, 0.15) is 17.1 Å². The van der Waals surface area contributed by atoms with Crippen LogP contribution >= 0.6 is 0 Å². The summed E-state index contributed by atoms with van der Waals surface area (Å²) in [6, 6.07) is 13.5. The first kappa shape index (κ1) is 22.0. The number of rotatable bonds is 5. The Bertz CT molecular complexity index is 1270. The topological polar surface area (TPSA) is 80.6 Å². The summed E-state index contributed by atoms with van der Waals surface area (Å²) in [6.07, 6.45) is 1.47. The first-order valence-electron chi connectivity index (χ1n) is 10.4. The fourth-order valence-electron chi connectivity index (χ4n) is 3.83. The number of urea groups is 1. The fraction of sp³-hybridized carbons (Fsp3) is 0.160. The van der Waals surface area contributed by atoms with Crippen molar-refractivity contribution in [1.82, 2.24) is 9.88 Å². The van der Waals surface area contributed by atoms with Gasteiger partial charge in [0.2, 0.25) is 0 Å². The number of nitrogens with one attached hydrogen (secondary N) is 1. The zero-order chi connectivity index (χ0) is 23.7. The molecule has 1 saturated heterocycles. The van der Waals surface area contributed by atoms with E-state index in [1.54, 1.807) is 36.4 Å². The number of aryl methyl sites for hydroxylation is 1. The molecule has 1 aliphatic rings. The summed E-state index contributed by atoms with van der Waals surface area (Å²) < 4.78 is 20.6. The Morgan fingerprint density at radius 2 is 1.61 bits per heavy atom. The summed E-state index contributed by atoms with van der Waals surface area (Å²) in [5, 5.41) is 2.23. The van der Waals surface area contributed by atoms with E-state index >= 15 is 0 Å². The number of hydrogen-bond acceptors (Lipinski definition) is 4. The molecule has 2 aromatic carbocycles. The quantitative estimate of drug-likeness (QED) is 0.467. The predicted molar refractivity (Wildman–Crippen MR) is 122 cm³/mol. The molecule has 0 aliphatic carbocycles. The molecule has 4 amide bonds. The van der Waals surface area contributed by atoms with Crippen molar-refractivity contribution in [2.45, 2.75) is 20.8 Å². The number of barbiturate groups is 1. The van der Waals surface area contributed by atoms with Crippen LogP contribution in [0.15, 0.2) is 60.2 Å². The van der Waals surface area contributed by atoms with Crippen molar-refractivity contribution in [2.24, 2.45) is 0 Å². The molecule has 8 heteroatoms. The number of hydrogen-bond donors (Lipinski definition) is 1. The van der Waals surface area contributed by atoms with Crippen LogP contribution in [0.4, 0.5) is 14.9 Å². The van der Waals surface area contributed by atoms with Gasteiger partial charge >= 0.3 is 6.03 Å². The zero-order valence-electron chi connectivity index (χ0n) is 18.4. The average molecular weight is 447 g/mol. The fourth-order valence-corrected chi connectivity index (χ4v) is 3.83. The highest BCUT2D eigenvalue weighted by Crippen LogP contribution is 2.27. The molecule has 0 spiro atoms. The van der Waals surface area contributed by atoms with Crippen LogP contribution in [0.3, 0.4) is 0 Å². The SMILES string of the molecule is CCOc1ccc(N2C(=O)NC(=O)C(=Cc3cc(C)n(-c4ccc(F)cc4)c3C)C2=O)cc1. The van der Waals surface area contributed by atoms with Gasteiger partial charge in [0.05, 0.1) is 12.3 Å². The largest absolute Gasteiger partial charge is 0.494 e. The average Bonchev–Trinajstić information content (AvgIpc) is 3.06. The molecule has 2 heterocycles. The van der Waals surface area contributed by atoms with Gasteiger partial charge in [0.25, 0.3) is 11.8 Å². The number of imide groups is 2. The first-order chi connectivity index (χ1) is 15.8. The van der Waals surface area contributed by atoms with E-state index in [-0.39, 0.29) is 11.4 Å². The van der Waals surface area contributed by atoms with Crippen molar-refractivity contribution in [3.8, 4) is 11.4 Å². The van der Waals surface area contributed by atoms with Crippen LogP contribution in [-0.2, 0) is 9.59 Å². The van der Waals surface area contributed by atoms with Gasteiger partial charge in [-0.3, -0.25) is 14.9 Å². The van der Waals surface area contributed by atoms with Gasteiger partial charge in [-0.2, -0.15) is 0 Å². The van der Waals surface area contributed by atoms with E-state index in [9.17, 15) is 18.8 Å². The van der Waals surface area contributed by atoms with Gasteiger partial charge in [-0.1, -0.05) is 0 Å². The highest BCUT2D eigenvalue weighted by atomic mass is 19.1. The lowest BCUT2D eigenvalue weighted by Gasteiger charge is -2.26. The van der Waals surface area contributed by atoms with Crippen LogP contribution in [-0.4, -0.2) is 29.0 Å². The zero-order valence-corrected chi connectivity index (χ0v) is 18.4. The van der Waals surface area contributed by atoms with Crippen molar-refractivity contribution in [2.75, 3.05) is 11.5 Å². The highest BCUT2D eigenvalue weighted by molar-refractivity contribution is 6.39. The van der Waals surface area contributed by atoms with Crippen molar-refractivity contribution in [3.05, 3.63) is 82.9 Å². The number of anilines is 1. The number of ether oxygens (including phenoxy) is 1. The first-order valence-corrected chi connectivity index (χ1v) is 10.4. The van der Waals surface area contributed by atoms with Crippen LogP contribution in [0, 0.1) is 19.7 Å². The van der Waals surface area contributed by atoms with Gasteiger partial charge in [0, 0.05) is 17.1 Å². The van der Waals surface area contributed by atoms with Crippen LogP contribution in [0.1, 0.15) is 23.9 Å². The number of aromatic nitrogens is 1. The van der Waals surface area contributed by atoms with Gasteiger partial charge in [-0.05, 0) is 87.0 Å². The molecule has 1 aromatic heterocycles. The molecule has 168 valence electrons. The van der Waals surface area contributed by atoms with E-state index < -0.39 is 17.8 Å². The molecule has 1 aliphatic heterocycles. The summed E-state index contributed by atoms with van der Waals surface area (Å²) >= 11 is 0. The molecule has 1 fully saturated rings. The van der Waals surface area contributed by atoms with E-state index in [2.05, 4.69) is 5.32 Å². The Morgan fingerprint density at radius 1 is 0.970 bits per heavy atom. The Kier molecular flexibility index (Phi) is 5.83. The number of halogens is 1. The molecular weight excluding hydrogens is 425 g/mol. The summed E-state index contributed by atoms with van der Waals surface area (Å²) in [5.74, 6) is -1.23. The number of amides is 4. The minimum Gasteiger partial charge on any atom is -0.494 e. The van der Waals surface area contributed by atoms with Crippen LogP contribution < -0.4 is 15.0 Å². The lowest BCUT2D eigenvalue weighted by atomic mass is 10.1. The second kappa shape index (κ2) is 8.74. The van der Waals surface area contributed by atoms with Crippen LogP contribution in [0.2, 0.25) is 0 Å². The lowest BCUT2D eigenvalue weighted by molar-refractivity contribution is -0.122. The molecule has 0 radical (unpaired) electrons. The number of carbonyl (C=O) groups is 3. The number of carbonyl (C=O) groups excluding carboxylic acids is 3. The molecule has 7 nitrogen and oxygen atoms in total. The van der Waals surface area contributed by atoms with E-state index in [1.807, 2.05) is 31.4 Å². The third kappa shape index (κ3) is 4.15. The van der Waals surface area contributed by atoms with Crippen molar-refractivity contribution in [3.63, 3.8) is 0 Å². The summed E-state index contributed by atoms with van der Waals surface area (Å²) in [5.41, 5.74) is 3.14. The van der Waals surface area contributed by atoms with E-state index in [0.717, 1.165) is 22.0 Å². The Labute approximate surface area is 190 Å². The van der Waals surface area contributed by atoms with E-state index in [4.69, 9.17) is 4.74 Å². The summed E-state index contributed by atoms with van der Waals surface area (Å²) in [7, 11) is 0.